The van der Waals surface area contributed by atoms with Gasteiger partial charge in [-0.1, -0.05) is 23.7 Å². The molecule has 0 aliphatic carbocycles. The van der Waals surface area contributed by atoms with Gasteiger partial charge in [0.15, 0.2) is 0 Å². The number of anilines is 1. The quantitative estimate of drug-likeness (QED) is 0.908. The number of amides is 1. The van der Waals surface area contributed by atoms with Crippen LogP contribution >= 0.6 is 11.6 Å². The van der Waals surface area contributed by atoms with Gasteiger partial charge in [0.2, 0.25) is 0 Å². The van der Waals surface area contributed by atoms with Crippen LogP contribution in [-0.4, -0.2) is 10.5 Å². The minimum atomic E-state index is -0.143. The number of nitrogens with one attached hydrogen (secondary N) is 1. The van der Waals surface area contributed by atoms with Crippen LogP contribution in [0.25, 0.3) is 0 Å². The number of hydrogen-bond donors (Lipinski definition) is 2. The van der Waals surface area contributed by atoms with E-state index in [0.29, 0.717) is 22.9 Å². The first kappa shape index (κ1) is 14.5. The lowest BCUT2D eigenvalue weighted by atomic mass is 10.1. The second-order valence-corrected chi connectivity index (χ2v) is 5.13. The summed E-state index contributed by atoms with van der Waals surface area (Å²) in [6, 6.07) is 9.02. The topological polar surface area (TPSA) is 60.0 Å². The normalized spacial score (nSPS) is 12.2. The predicted octanol–water partition coefficient (Wildman–Crippen LogP) is 3.23. The van der Waals surface area contributed by atoms with Gasteiger partial charge in [-0.25, -0.2) is 0 Å². The smallest absolute Gasteiger partial charge is 0.268 e. The Morgan fingerprint density at radius 1 is 1.45 bits per heavy atom. The van der Waals surface area contributed by atoms with Crippen LogP contribution in [0.4, 0.5) is 5.69 Å². The number of nitrogen functional groups attached to an aromatic ring is 1. The zero-order valence-electron chi connectivity index (χ0n) is 11.6. The first-order valence-electron chi connectivity index (χ1n) is 6.53. The minimum Gasteiger partial charge on any atom is -0.397 e. The van der Waals surface area contributed by atoms with Gasteiger partial charge < -0.3 is 15.6 Å². The predicted molar refractivity (Wildman–Crippen MR) is 81.9 cm³/mol. The van der Waals surface area contributed by atoms with Crippen molar-refractivity contribution in [2.45, 2.75) is 26.4 Å². The zero-order chi connectivity index (χ0) is 14.7. The molecular weight excluding hydrogens is 274 g/mol. The summed E-state index contributed by atoms with van der Waals surface area (Å²) in [6.45, 7) is 4.59. The summed E-state index contributed by atoms with van der Waals surface area (Å²) in [4.78, 5) is 12.3. The third-order valence-electron chi connectivity index (χ3n) is 3.19. The number of carbonyl (C=O) groups is 1. The van der Waals surface area contributed by atoms with Crippen molar-refractivity contribution >= 4 is 23.2 Å². The molecule has 1 amide bonds. The molecular formula is C15H18ClN3O. The molecule has 0 aliphatic rings. The van der Waals surface area contributed by atoms with E-state index in [-0.39, 0.29) is 11.9 Å². The number of aryl methyl sites for hydroxylation is 1. The van der Waals surface area contributed by atoms with E-state index >= 15 is 0 Å². The van der Waals surface area contributed by atoms with Gasteiger partial charge in [-0.2, -0.15) is 0 Å². The molecule has 1 atom stereocenters. The molecule has 0 radical (unpaired) electrons. The highest BCUT2D eigenvalue weighted by molar-refractivity contribution is 6.30. The fraction of sp³-hybridized carbons (Fsp3) is 0.267. The molecule has 2 aromatic rings. The number of rotatable bonds is 4. The lowest BCUT2D eigenvalue weighted by Gasteiger charge is -2.15. The number of hydrogen-bond acceptors (Lipinski definition) is 2. The Kier molecular flexibility index (Phi) is 4.35. The van der Waals surface area contributed by atoms with Gasteiger partial charge in [-0.05, 0) is 37.6 Å². The molecule has 1 heterocycles. The Bertz CT molecular complexity index is 621. The van der Waals surface area contributed by atoms with Gasteiger partial charge in [0.25, 0.3) is 5.91 Å². The van der Waals surface area contributed by atoms with Crippen LogP contribution in [0.5, 0.6) is 0 Å². The van der Waals surface area contributed by atoms with Gasteiger partial charge in [0.05, 0.1) is 11.7 Å². The van der Waals surface area contributed by atoms with E-state index in [1.807, 2.05) is 42.7 Å². The van der Waals surface area contributed by atoms with E-state index in [9.17, 15) is 4.79 Å². The van der Waals surface area contributed by atoms with Gasteiger partial charge in [0.1, 0.15) is 5.69 Å². The van der Waals surface area contributed by atoms with Crippen LogP contribution in [0.1, 0.15) is 35.9 Å². The molecule has 0 aliphatic heterocycles. The molecule has 1 aromatic carbocycles. The van der Waals surface area contributed by atoms with E-state index in [1.165, 1.54) is 0 Å². The molecule has 106 valence electrons. The molecule has 5 heteroatoms. The Balaban J connectivity index is 2.15. The van der Waals surface area contributed by atoms with E-state index in [2.05, 4.69) is 5.32 Å². The summed E-state index contributed by atoms with van der Waals surface area (Å²) in [5, 5.41) is 3.61. The van der Waals surface area contributed by atoms with Gasteiger partial charge >= 0.3 is 0 Å². The largest absolute Gasteiger partial charge is 0.397 e. The van der Waals surface area contributed by atoms with Crippen LogP contribution in [0.15, 0.2) is 36.5 Å². The fourth-order valence-electron chi connectivity index (χ4n) is 2.11. The molecule has 1 unspecified atom stereocenters. The van der Waals surface area contributed by atoms with Crippen molar-refractivity contribution in [2.24, 2.45) is 0 Å². The van der Waals surface area contributed by atoms with Crippen molar-refractivity contribution < 1.29 is 4.79 Å². The maximum Gasteiger partial charge on any atom is 0.268 e. The number of aromatic nitrogens is 1. The van der Waals surface area contributed by atoms with Crippen molar-refractivity contribution in [1.82, 2.24) is 9.88 Å². The van der Waals surface area contributed by atoms with Gasteiger partial charge in [0, 0.05) is 17.8 Å². The Morgan fingerprint density at radius 2 is 2.20 bits per heavy atom. The molecule has 20 heavy (non-hydrogen) atoms. The van der Waals surface area contributed by atoms with Crippen LogP contribution in [0.3, 0.4) is 0 Å². The van der Waals surface area contributed by atoms with Gasteiger partial charge in [-0.15, -0.1) is 0 Å². The molecule has 0 saturated heterocycles. The SMILES string of the molecule is CCn1cc(N)cc1C(=O)NC(C)c1cccc(Cl)c1. The monoisotopic (exact) mass is 291 g/mol. The highest BCUT2D eigenvalue weighted by Gasteiger charge is 2.15. The second-order valence-electron chi connectivity index (χ2n) is 4.69. The number of benzene rings is 1. The lowest BCUT2D eigenvalue weighted by Crippen LogP contribution is -2.28. The van der Waals surface area contributed by atoms with E-state index in [0.717, 1.165) is 5.56 Å². The maximum atomic E-state index is 12.3. The van der Waals surface area contributed by atoms with Crippen molar-refractivity contribution in [3.63, 3.8) is 0 Å². The third kappa shape index (κ3) is 3.14. The molecule has 2 rings (SSSR count). The molecule has 0 saturated carbocycles. The molecule has 1 aromatic heterocycles. The maximum absolute atomic E-state index is 12.3. The van der Waals surface area contributed by atoms with Crippen molar-refractivity contribution in [3.8, 4) is 0 Å². The lowest BCUT2D eigenvalue weighted by molar-refractivity contribution is 0.0930. The fourth-order valence-corrected chi connectivity index (χ4v) is 2.31. The zero-order valence-corrected chi connectivity index (χ0v) is 12.3. The summed E-state index contributed by atoms with van der Waals surface area (Å²) in [7, 11) is 0. The minimum absolute atomic E-state index is 0.123. The van der Waals surface area contributed by atoms with Crippen LogP contribution in [-0.2, 0) is 6.54 Å². The highest BCUT2D eigenvalue weighted by atomic mass is 35.5. The summed E-state index contributed by atoms with van der Waals surface area (Å²) in [5.74, 6) is -0.143. The summed E-state index contributed by atoms with van der Waals surface area (Å²) >= 11 is 5.96. The number of halogens is 1. The Labute approximate surface area is 123 Å². The van der Waals surface area contributed by atoms with Crippen molar-refractivity contribution in [2.75, 3.05) is 5.73 Å². The van der Waals surface area contributed by atoms with E-state index in [1.54, 1.807) is 12.3 Å². The van der Waals surface area contributed by atoms with Crippen molar-refractivity contribution in [3.05, 3.63) is 52.8 Å². The number of nitrogens with two attached hydrogens (primary N) is 1. The first-order valence-corrected chi connectivity index (χ1v) is 6.91. The number of carbonyl (C=O) groups excluding carboxylic acids is 1. The molecule has 4 nitrogen and oxygen atoms in total. The highest BCUT2D eigenvalue weighted by Crippen LogP contribution is 2.18. The average molecular weight is 292 g/mol. The number of nitrogens with zero attached hydrogens (tertiary/aromatic N) is 1. The summed E-state index contributed by atoms with van der Waals surface area (Å²) < 4.78 is 1.83. The van der Waals surface area contributed by atoms with Crippen molar-refractivity contribution in [1.29, 1.82) is 0 Å². The Morgan fingerprint density at radius 3 is 2.85 bits per heavy atom. The molecule has 0 fully saturated rings. The molecule has 3 N–H and O–H groups in total. The Hall–Kier alpha value is -1.94. The second kappa shape index (κ2) is 6.01. The first-order chi connectivity index (χ1) is 9.51. The molecule has 0 spiro atoms. The van der Waals surface area contributed by atoms with Crippen LogP contribution < -0.4 is 11.1 Å². The molecule has 0 bridgehead atoms. The van der Waals surface area contributed by atoms with Crippen LogP contribution in [0, 0.1) is 0 Å². The van der Waals surface area contributed by atoms with Gasteiger partial charge in [-0.3, -0.25) is 4.79 Å². The van der Waals surface area contributed by atoms with E-state index in [4.69, 9.17) is 17.3 Å². The third-order valence-corrected chi connectivity index (χ3v) is 3.42. The summed E-state index contributed by atoms with van der Waals surface area (Å²) in [6.07, 6.45) is 1.76. The van der Waals surface area contributed by atoms with E-state index < -0.39 is 0 Å². The average Bonchev–Trinajstić information content (AvgIpc) is 2.80. The van der Waals surface area contributed by atoms with Crippen LogP contribution in [0.2, 0.25) is 5.02 Å². The summed E-state index contributed by atoms with van der Waals surface area (Å²) in [5.41, 5.74) is 7.86. The standard InChI is InChI=1S/C15H18ClN3O/c1-3-19-9-13(17)8-14(19)15(20)18-10(2)11-5-4-6-12(16)7-11/h4-10H,3,17H2,1-2H3,(H,18,20).